The van der Waals surface area contributed by atoms with Gasteiger partial charge in [-0.05, 0) is 6.92 Å². The van der Waals surface area contributed by atoms with Gasteiger partial charge in [0.1, 0.15) is 5.56 Å². The molecule has 15 heavy (non-hydrogen) atoms. The van der Waals surface area contributed by atoms with E-state index < -0.39 is 5.97 Å². The van der Waals surface area contributed by atoms with Crippen LogP contribution in [0.2, 0.25) is 0 Å². The lowest BCUT2D eigenvalue weighted by molar-refractivity contribution is 0.0600. The molecule has 0 fully saturated rings. The molecular weight excluding hydrogens is 200 g/mol. The summed E-state index contributed by atoms with van der Waals surface area (Å²) in [4.78, 5) is 11.4. The standard InChI is InChI=1S/C9H8N2O4/c1-5-7(9(12)13-2)8(15-11-5)6-3-4-10-14-6/h3-4H,1-2H3. The van der Waals surface area contributed by atoms with E-state index in [-0.39, 0.29) is 11.3 Å². The van der Waals surface area contributed by atoms with E-state index in [0.717, 1.165) is 0 Å². The lowest BCUT2D eigenvalue weighted by atomic mass is 10.1. The molecule has 2 heterocycles. The molecule has 0 aliphatic carbocycles. The van der Waals surface area contributed by atoms with Crippen molar-refractivity contribution in [3.05, 3.63) is 23.5 Å². The Bertz CT molecular complexity index is 472. The molecule has 0 aliphatic heterocycles. The summed E-state index contributed by atoms with van der Waals surface area (Å²) in [6.07, 6.45) is 1.45. The Balaban J connectivity index is 2.54. The van der Waals surface area contributed by atoms with Gasteiger partial charge >= 0.3 is 5.97 Å². The van der Waals surface area contributed by atoms with Crippen LogP contribution >= 0.6 is 0 Å². The SMILES string of the molecule is COC(=O)c1c(C)noc1-c1ccno1. The monoisotopic (exact) mass is 208 g/mol. The summed E-state index contributed by atoms with van der Waals surface area (Å²) < 4.78 is 14.5. The molecule has 0 radical (unpaired) electrons. The number of nitrogens with zero attached hydrogens (tertiary/aromatic N) is 2. The predicted octanol–water partition coefficient (Wildman–Crippen LogP) is 1.42. The average Bonchev–Trinajstić information content (AvgIpc) is 2.85. The van der Waals surface area contributed by atoms with Gasteiger partial charge in [-0.3, -0.25) is 0 Å². The van der Waals surface area contributed by atoms with E-state index in [1.165, 1.54) is 13.3 Å². The van der Waals surface area contributed by atoms with E-state index in [4.69, 9.17) is 9.05 Å². The smallest absolute Gasteiger partial charge is 0.343 e. The zero-order valence-electron chi connectivity index (χ0n) is 8.18. The van der Waals surface area contributed by atoms with E-state index in [1.807, 2.05) is 0 Å². The van der Waals surface area contributed by atoms with E-state index in [1.54, 1.807) is 13.0 Å². The van der Waals surface area contributed by atoms with Crippen molar-refractivity contribution in [3.8, 4) is 11.5 Å². The van der Waals surface area contributed by atoms with Gasteiger partial charge in [-0.2, -0.15) is 0 Å². The first-order valence-corrected chi connectivity index (χ1v) is 4.19. The fraction of sp³-hybridized carbons (Fsp3) is 0.222. The van der Waals surface area contributed by atoms with Crippen LogP contribution in [-0.2, 0) is 4.74 Å². The summed E-state index contributed by atoms with van der Waals surface area (Å²) in [6.45, 7) is 1.65. The molecular formula is C9H8N2O4. The third kappa shape index (κ3) is 1.50. The molecule has 0 aromatic carbocycles. The summed E-state index contributed by atoms with van der Waals surface area (Å²) in [5, 5.41) is 7.20. The third-order valence-electron chi connectivity index (χ3n) is 1.91. The minimum absolute atomic E-state index is 0.233. The maximum Gasteiger partial charge on any atom is 0.343 e. The molecule has 0 aliphatic rings. The van der Waals surface area contributed by atoms with E-state index >= 15 is 0 Å². The van der Waals surface area contributed by atoms with Gasteiger partial charge in [0.25, 0.3) is 0 Å². The maximum absolute atomic E-state index is 11.4. The summed E-state index contributed by atoms with van der Waals surface area (Å²) in [5.41, 5.74) is 0.711. The largest absolute Gasteiger partial charge is 0.465 e. The quantitative estimate of drug-likeness (QED) is 0.694. The van der Waals surface area contributed by atoms with Crippen molar-refractivity contribution in [1.82, 2.24) is 10.3 Å². The van der Waals surface area contributed by atoms with Gasteiger partial charge < -0.3 is 13.8 Å². The normalized spacial score (nSPS) is 10.3. The molecule has 0 atom stereocenters. The summed E-state index contributed by atoms with van der Waals surface area (Å²) in [7, 11) is 1.29. The molecule has 0 bridgehead atoms. The van der Waals surface area contributed by atoms with Gasteiger partial charge in [0.2, 0.25) is 11.5 Å². The molecule has 0 unspecified atom stereocenters. The number of hydrogen-bond acceptors (Lipinski definition) is 6. The highest BCUT2D eigenvalue weighted by Crippen LogP contribution is 2.26. The molecule has 6 heteroatoms. The van der Waals surface area contributed by atoms with Crippen LogP contribution < -0.4 is 0 Å². The maximum atomic E-state index is 11.4. The van der Waals surface area contributed by atoms with Gasteiger partial charge in [0.15, 0.2) is 0 Å². The van der Waals surface area contributed by atoms with Crippen LogP contribution in [0.15, 0.2) is 21.3 Å². The molecule has 0 N–H and O–H groups in total. The molecule has 0 saturated carbocycles. The van der Waals surface area contributed by atoms with E-state index in [0.29, 0.717) is 11.5 Å². The fourth-order valence-corrected chi connectivity index (χ4v) is 1.21. The van der Waals surface area contributed by atoms with Crippen molar-refractivity contribution in [2.75, 3.05) is 7.11 Å². The number of carbonyl (C=O) groups is 1. The molecule has 0 amide bonds. The number of aryl methyl sites for hydroxylation is 1. The third-order valence-corrected chi connectivity index (χ3v) is 1.91. The van der Waals surface area contributed by atoms with Crippen LogP contribution in [0.3, 0.4) is 0 Å². The Morgan fingerprint density at radius 2 is 2.27 bits per heavy atom. The van der Waals surface area contributed by atoms with Crippen molar-refractivity contribution in [3.63, 3.8) is 0 Å². The van der Waals surface area contributed by atoms with E-state index in [9.17, 15) is 4.79 Å². The molecule has 2 aromatic heterocycles. The van der Waals surface area contributed by atoms with Crippen molar-refractivity contribution in [1.29, 1.82) is 0 Å². The highest BCUT2D eigenvalue weighted by Gasteiger charge is 2.24. The molecule has 2 aromatic rings. The van der Waals surface area contributed by atoms with Crippen LogP contribution in [0.4, 0.5) is 0 Å². The first kappa shape index (κ1) is 9.45. The van der Waals surface area contributed by atoms with Crippen LogP contribution in [0, 0.1) is 6.92 Å². The molecule has 0 saturated heterocycles. The number of hydrogen-bond donors (Lipinski definition) is 0. The van der Waals surface area contributed by atoms with Crippen LogP contribution in [0.5, 0.6) is 0 Å². The summed E-state index contributed by atoms with van der Waals surface area (Å²) in [5.74, 6) is 0.0630. The van der Waals surface area contributed by atoms with E-state index in [2.05, 4.69) is 15.1 Å². The number of rotatable bonds is 2. The minimum atomic E-state index is -0.514. The molecule has 2 rings (SSSR count). The van der Waals surface area contributed by atoms with Gasteiger partial charge in [-0.25, -0.2) is 4.79 Å². The minimum Gasteiger partial charge on any atom is -0.465 e. The highest BCUT2D eigenvalue weighted by molar-refractivity contribution is 5.96. The van der Waals surface area contributed by atoms with Gasteiger partial charge in [0, 0.05) is 6.07 Å². The molecule has 6 nitrogen and oxygen atoms in total. The lowest BCUT2D eigenvalue weighted by Gasteiger charge is -1.96. The molecule has 78 valence electrons. The highest BCUT2D eigenvalue weighted by atomic mass is 16.5. The zero-order valence-corrected chi connectivity index (χ0v) is 8.18. The second kappa shape index (κ2) is 3.56. The van der Waals surface area contributed by atoms with Crippen molar-refractivity contribution < 1.29 is 18.6 Å². The summed E-state index contributed by atoms with van der Waals surface area (Å²) >= 11 is 0. The van der Waals surface area contributed by atoms with Crippen LogP contribution in [0.1, 0.15) is 16.1 Å². The number of carbonyl (C=O) groups excluding carboxylic acids is 1. The second-order valence-corrected chi connectivity index (χ2v) is 2.84. The Kier molecular flexibility index (Phi) is 2.24. The van der Waals surface area contributed by atoms with Gasteiger partial charge in [0.05, 0.1) is 19.0 Å². The summed E-state index contributed by atoms with van der Waals surface area (Å²) in [6, 6.07) is 1.58. The first-order valence-electron chi connectivity index (χ1n) is 4.19. The van der Waals surface area contributed by atoms with Gasteiger partial charge in [-0.15, -0.1) is 0 Å². The number of methoxy groups -OCH3 is 1. The van der Waals surface area contributed by atoms with Crippen molar-refractivity contribution in [2.45, 2.75) is 6.92 Å². The Morgan fingerprint density at radius 3 is 2.87 bits per heavy atom. The Hall–Kier alpha value is -2.11. The predicted molar refractivity (Wildman–Crippen MR) is 48.1 cm³/mol. The Labute approximate surface area is 84.8 Å². The number of ether oxygens (including phenoxy) is 1. The number of aromatic nitrogens is 2. The van der Waals surface area contributed by atoms with Gasteiger partial charge in [-0.1, -0.05) is 10.3 Å². The fourth-order valence-electron chi connectivity index (χ4n) is 1.21. The first-order chi connectivity index (χ1) is 7.24. The van der Waals surface area contributed by atoms with Crippen LogP contribution in [0.25, 0.3) is 11.5 Å². The van der Waals surface area contributed by atoms with Crippen LogP contribution in [-0.4, -0.2) is 23.4 Å². The zero-order chi connectivity index (χ0) is 10.8. The molecule has 0 spiro atoms. The second-order valence-electron chi connectivity index (χ2n) is 2.84. The van der Waals surface area contributed by atoms with Crippen molar-refractivity contribution in [2.24, 2.45) is 0 Å². The number of esters is 1. The Morgan fingerprint density at radius 1 is 1.47 bits per heavy atom. The average molecular weight is 208 g/mol. The van der Waals surface area contributed by atoms with Crippen molar-refractivity contribution >= 4 is 5.97 Å². The lowest BCUT2D eigenvalue weighted by Crippen LogP contribution is -2.03. The topological polar surface area (TPSA) is 78.4 Å².